The van der Waals surface area contributed by atoms with E-state index in [0.29, 0.717) is 37.0 Å². The van der Waals surface area contributed by atoms with Crippen LogP contribution in [0.15, 0.2) is 4.52 Å². The molecule has 0 aromatic carbocycles. The van der Waals surface area contributed by atoms with Crippen molar-refractivity contribution in [2.45, 2.75) is 63.6 Å². The van der Waals surface area contributed by atoms with Gasteiger partial charge in [0.05, 0.1) is 13.1 Å². The van der Waals surface area contributed by atoms with Crippen molar-refractivity contribution in [1.82, 2.24) is 25.3 Å². The van der Waals surface area contributed by atoms with Gasteiger partial charge in [0.1, 0.15) is 0 Å². The maximum Gasteiger partial charge on any atom is 0.234 e. The predicted molar refractivity (Wildman–Crippen MR) is 92.9 cm³/mol. The van der Waals surface area contributed by atoms with Crippen molar-refractivity contribution in [3.63, 3.8) is 0 Å². The molecular weight excluding hydrogens is 318 g/mol. The maximum absolute atomic E-state index is 12.2. The second-order valence-electron chi connectivity index (χ2n) is 8.11. The first-order valence-corrected chi connectivity index (χ1v) is 9.63. The third-order valence-corrected chi connectivity index (χ3v) is 5.76. The van der Waals surface area contributed by atoms with Gasteiger partial charge in [0, 0.05) is 31.1 Å². The van der Waals surface area contributed by atoms with Crippen LogP contribution in [0.1, 0.15) is 56.7 Å². The Kier molecular flexibility index (Phi) is 4.78. The molecular formula is C18H29N5O2. The molecule has 25 heavy (non-hydrogen) atoms. The molecule has 138 valence electrons. The highest BCUT2D eigenvalue weighted by Gasteiger charge is 2.32. The van der Waals surface area contributed by atoms with Gasteiger partial charge in [0.25, 0.3) is 0 Å². The van der Waals surface area contributed by atoms with Gasteiger partial charge in [0.2, 0.25) is 11.8 Å². The second kappa shape index (κ2) is 7.03. The number of hydrogen-bond acceptors (Lipinski definition) is 6. The van der Waals surface area contributed by atoms with Crippen LogP contribution in [0, 0.1) is 5.92 Å². The Hall–Kier alpha value is -1.47. The number of rotatable bonds is 8. The van der Waals surface area contributed by atoms with E-state index in [2.05, 4.69) is 39.2 Å². The van der Waals surface area contributed by atoms with Gasteiger partial charge in [-0.15, -0.1) is 0 Å². The van der Waals surface area contributed by atoms with Crippen molar-refractivity contribution in [3.05, 3.63) is 11.7 Å². The Balaban J connectivity index is 1.21. The van der Waals surface area contributed by atoms with Crippen LogP contribution in [0.4, 0.5) is 0 Å². The number of carbonyl (C=O) groups excluding carboxylic acids is 1. The van der Waals surface area contributed by atoms with Crippen molar-refractivity contribution in [3.8, 4) is 0 Å². The topological polar surface area (TPSA) is 74.5 Å². The van der Waals surface area contributed by atoms with Crippen molar-refractivity contribution < 1.29 is 9.32 Å². The summed E-state index contributed by atoms with van der Waals surface area (Å²) >= 11 is 0. The van der Waals surface area contributed by atoms with Gasteiger partial charge in [0.15, 0.2) is 5.82 Å². The average Bonchev–Trinajstić information content (AvgIpc) is 3.50. The number of nitrogens with zero attached hydrogens (tertiary/aromatic N) is 4. The van der Waals surface area contributed by atoms with E-state index in [4.69, 9.17) is 4.52 Å². The monoisotopic (exact) mass is 347 g/mol. The van der Waals surface area contributed by atoms with Gasteiger partial charge < -0.3 is 9.84 Å². The van der Waals surface area contributed by atoms with Crippen molar-refractivity contribution in [2.24, 2.45) is 5.92 Å². The summed E-state index contributed by atoms with van der Waals surface area (Å²) in [5.74, 6) is 2.95. The number of amides is 1. The smallest absolute Gasteiger partial charge is 0.234 e. The number of likely N-dealkylation sites (tertiary alicyclic amines) is 1. The van der Waals surface area contributed by atoms with E-state index in [0.717, 1.165) is 31.2 Å². The summed E-state index contributed by atoms with van der Waals surface area (Å²) in [4.78, 5) is 21.2. The summed E-state index contributed by atoms with van der Waals surface area (Å²) in [6.45, 7) is 5.24. The lowest BCUT2D eigenvalue weighted by atomic mass is 10.2. The molecule has 1 aromatic heterocycles. The third kappa shape index (κ3) is 4.39. The number of likely N-dealkylation sites (N-methyl/N-ethyl adjacent to an activating group) is 1. The largest absolute Gasteiger partial charge is 0.352 e. The Morgan fingerprint density at radius 3 is 2.88 bits per heavy atom. The zero-order chi connectivity index (χ0) is 17.4. The van der Waals surface area contributed by atoms with Crippen LogP contribution in [-0.4, -0.2) is 64.6 Å². The SMILES string of the molecule is C[C@@H](NC(=O)CN1CC[C@H](N(C)Cc2noc(C3CC3)n2)C1)C1CC1. The summed E-state index contributed by atoms with van der Waals surface area (Å²) in [6, 6.07) is 0.768. The minimum absolute atomic E-state index is 0.162. The molecule has 2 heterocycles. The van der Waals surface area contributed by atoms with E-state index in [1.54, 1.807) is 0 Å². The number of aromatic nitrogens is 2. The van der Waals surface area contributed by atoms with Crippen molar-refractivity contribution >= 4 is 5.91 Å². The number of carbonyl (C=O) groups is 1. The fraction of sp³-hybridized carbons (Fsp3) is 0.833. The first-order chi connectivity index (χ1) is 12.1. The molecule has 0 radical (unpaired) electrons. The Morgan fingerprint density at radius 2 is 2.16 bits per heavy atom. The number of nitrogens with one attached hydrogen (secondary N) is 1. The highest BCUT2D eigenvalue weighted by molar-refractivity contribution is 5.78. The minimum Gasteiger partial charge on any atom is -0.352 e. The molecule has 4 rings (SSSR count). The molecule has 0 bridgehead atoms. The summed E-state index contributed by atoms with van der Waals surface area (Å²) < 4.78 is 5.34. The standard InChI is InChI=1S/C18H29N5O2/c1-12(13-3-4-13)19-17(24)11-23-8-7-15(9-23)22(2)10-16-20-18(25-21-16)14-5-6-14/h12-15H,3-11H2,1-2H3,(H,19,24)/t12-,15+/m1/s1. The van der Waals surface area contributed by atoms with Crippen LogP contribution >= 0.6 is 0 Å². The number of hydrogen-bond donors (Lipinski definition) is 1. The van der Waals surface area contributed by atoms with Crippen LogP contribution in [-0.2, 0) is 11.3 Å². The van der Waals surface area contributed by atoms with Gasteiger partial charge >= 0.3 is 0 Å². The van der Waals surface area contributed by atoms with E-state index in [9.17, 15) is 4.79 Å². The Morgan fingerprint density at radius 1 is 1.36 bits per heavy atom. The van der Waals surface area contributed by atoms with Crippen LogP contribution in [0.25, 0.3) is 0 Å². The highest BCUT2D eigenvalue weighted by Crippen LogP contribution is 2.38. The van der Waals surface area contributed by atoms with Crippen LogP contribution in [0.5, 0.6) is 0 Å². The average molecular weight is 347 g/mol. The zero-order valence-corrected chi connectivity index (χ0v) is 15.3. The second-order valence-corrected chi connectivity index (χ2v) is 8.11. The van der Waals surface area contributed by atoms with E-state index < -0.39 is 0 Å². The minimum atomic E-state index is 0.162. The molecule has 1 N–H and O–H groups in total. The molecule has 3 aliphatic rings. The van der Waals surface area contributed by atoms with Crippen LogP contribution < -0.4 is 5.32 Å². The molecule has 7 nitrogen and oxygen atoms in total. The maximum atomic E-state index is 12.2. The van der Waals surface area contributed by atoms with E-state index in [1.165, 1.54) is 25.7 Å². The normalized spacial score (nSPS) is 25.5. The fourth-order valence-corrected chi connectivity index (χ4v) is 3.71. The van der Waals surface area contributed by atoms with Crippen molar-refractivity contribution in [1.29, 1.82) is 0 Å². The highest BCUT2D eigenvalue weighted by atomic mass is 16.5. The molecule has 1 amide bonds. The lowest BCUT2D eigenvalue weighted by Crippen LogP contribution is -2.42. The first kappa shape index (κ1) is 17.0. The van der Waals surface area contributed by atoms with Crippen molar-refractivity contribution in [2.75, 3.05) is 26.7 Å². The molecule has 0 spiro atoms. The van der Waals surface area contributed by atoms with Gasteiger partial charge in [-0.2, -0.15) is 4.98 Å². The van der Waals surface area contributed by atoms with Gasteiger partial charge in [-0.3, -0.25) is 14.6 Å². The van der Waals surface area contributed by atoms with E-state index >= 15 is 0 Å². The predicted octanol–water partition coefficient (Wildman–Crippen LogP) is 1.37. The molecule has 2 atom stereocenters. The molecule has 1 aromatic rings. The quantitative estimate of drug-likeness (QED) is 0.765. The summed E-state index contributed by atoms with van der Waals surface area (Å²) in [7, 11) is 2.11. The first-order valence-electron chi connectivity index (χ1n) is 9.63. The summed E-state index contributed by atoms with van der Waals surface area (Å²) in [5.41, 5.74) is 0. The van der Waals surface area contributed by atoms with Gasteiger partial charge in [-0.25, -0.2) is 0 Å². The molecule has 1 aliphatic heterocycles. The fourth-order valence-electron chi connectivity index (χ4n) is 3.71. The molecule has 3 fully saturated rings. The third-order valence-electron chi connectivity index (χ3n) is 5.76. The molecule has 7 heteroatoms. The van der Waals surface area contributed by atoms with E-state index in [1.807, 2.05) is 0 Å². The van der Waals surface area contributed by atoms with Gasteiger partial charge in [-0.1, -0.05) is 5.16 Å². The molecule has 2 aliphatic carbocycles. The molecule has 1 saturated heterocycles. The van der Waals surface area contributed by atoms with Crippen LogP contribution in [0.2, 0.25) is 0 Å². The molecule has 2 saturated carbocycles. The Bertz CT molecular complexity index is 610. The van der Waals surface area contributed by atoms with Crippen LogP contribution in [0.3, 0.4) is 0 Å². The lowest BCUT2D eigenvalue weighted by molar-refractivity contribution is -0.122. The van der Waals surface area contributed by atoms with E-state index in [-0.39, 0.29) is 5.91 Å². The van der Waals surface area contributed by atoms with Gasteiger partial charge in [-0.05, 0) is 52.0 Å². The Labute approximate surface area is 149 Å². The molecule has 0 unspecified atom stereocenters. The zero-order valence-electron chi connectivity index (χ0n) is 15.3. The summed E-state index contributed by atoms with van der Waals surface area (Å²) in [6.07, 6.45) is 5.95. The summed E-state index contributed by atoms with van der Waals surface area (Å²) in [5, 5.41) is 7.25. The lowest BCUT2D eigenvalue weighted by Gasteiger charge is -2.23.